The Morgan fingerprint density at radius 3 is 2.61 bits per heavy atom. The Balaban J connectivity index is 3.01. The first kappa shape index (κ1) is 15.0. The quantitative estimate of drug-likeness (QED) is 0.726. The monoisotopic (exact) mass is 256 g/mol. The molecule has 0 fully saturated rings. The molecule has 0 aliphatic carbocycles. The van der Waals surface area contributed by atoms with E-state index in [9.17, 15) is 9.90 Å². The highest BCUT2D eigenvalue weighted by molar-refractivity contribution is 5.94. The van der Waals surface area contributed by atoms with Crippen molar-refractivity contribution in [2.75, 3.05) is 6.61 Å². The Morgan fingerprint density at radius 2 is 2.17 bits per heavy atom. The lowest BCUT2D eigenvalue weighted by molar-refractivity contribution is -0.152. The van der Waals surface area contributed by atoms with Gasteiger partial charge in [0.1, 0.15) is 6.04 Å². The number of hydrogen-bond donors (Lipinski definition) is 2. The van der Waals surface area contributed by atoms with Crippen LogP contribution in [0.5, 0.6) is 0 Å². The van der Waals surface area contributed by atoms with Crippen LogP contribution in [-0.4, -0.2) is 40.7 Å². The minimum atomic E-state index is -1.08. The summed E-state index contributed by atoms with van der Waals surface area (Å²) in [5, 5.41) is 13.3. The summed E-state index contributed by atoms with van der Waals surface area (Å²) in [5.41, 5.74) is -2.07. The Kier molecular flexibility index (Phi) is 4.37. The molecule has 0 aromatic carbocycles. The molecule has 5 nitrogen and oxygen atoms in total. The fourth-order valence-electron chi connectivity index (χ4n) is 2.36. The van der Waals surface area contributed by atoms with Crippen LogP contribution in [0, 0.1) is 0 Å². The molecule has 0 saturated heterocycles. The second-order valence-corrected chi connectivity index (χ2v) is 5.43. The van der Waals surface area contributed by atoms with Gasteiger partial charge >= 0.3 is 5.97 Å². The van der Waals surface area contributed by atoms with Gasteiger partial charge in [0.15, 0.2) is 5.54 Å². The van der Waals surface area contributed by atoms with Crippen LogP contribution in [0.1, 0.15) is 47.5 Å². The number of nitrogens with one attached hydrogen (secondary N) is 1. The third kappa shape index (κ3) is 2.83. The van der Waals surface area contributed by atoms with Gasteiger partial charge in [0.25, 0.3) is 0 Å². The predicted octanol–water partition coefficient (Wildman–Crippen LogP) is 1.25. The average Bonchev–Trinajstić information content (AvgIpc) is 2.58. The van der Waals surface area contributed by atoms with Gasteiger partial charge in [-0.1, -0.05) is 6.92 Å². The average molecular weight is 256 g/mol. The molecule has 1 heterocycles. The fraction of sp³-hybridized carbons (Fsp3) is 0.846. The Bertz CT molecular complexity index is 347. The summed E-state index contributed by atoms with van der Waals surface area (Å²) in [4.78, 5) is 16.6. The van der Waals surface area contributed by atoms with E-state index in [2.05, 4.69) is 10.3 Å². The van der Waals surface area contributed by atoms with Gasteiger partial charge in [0.2, 0.25) is 0 Å². The van der Waals surface area contributed by atoms with Gasteiger partial charge in [-0.25, -0.2) is 4.79 Å². The topological polar surface area (TPSA) is 70.9 Å². The number of amidine groups is 1. The van der Waals surface area contributed by atoms with Crippen LogP contribution in [0.2, 0.25) is 0 Å². The van der Waals surface area contributed by atoms with E-state index in [1.807, 2.05) is 6.92 Å². The minimum absolute atomic E-state index is 0.317. The van der Waals surface area contributed by atoms with Crippen molar-refractivity contribution in [2.45, 2.75) is 64.6 Å². The Hall–Kier alpha value is -1.10. The number of aliphatic hydroxyl groups is 1. The molecule has 0 saturated carbocycles. The number of carbonyl (C=O) groups is 1. The fourth-order valence-corrected chi connectivity index (χ4v) is 2.36. The van der Waals surface area contributed by atoms with Gasteiger partial charge < -0.3 is 15.2 Å². The van der Waals surface area contributed by atoms with Crippen molar-refractivity contribution < 1.29 is 14.6 Å². The number of esters is 1. The predicted molar refractivity (Wildman–Crippen MR) is 70.6 cm³/mol. The number of ether oxygens (including phenoxy) is 1. The number of hydrogen-bond acceptors (Lipinski definition) is 5. The molecule has 0 amide bonds. The zero-order valence-corrected chi connectivity index (χ0v) is 11.9. The van der Waals surface area contributed by atoms with Crippen molar-refractivity contribution in [2.24, 2.45) is 4.99 Å². The van der Waals surface area contributed by atoms with Gasteiger partial charge in [-0.05, 0) is 34.1 Å². The SMILES string of the molecule is CCCC1=NC(C(C)(C)O)C(C)(C(=O)OCC)N1. The smallest absolute Gasteiger partial charge is 0.333 e. The van der Waals surface area contributed by atoms with Crippen molar-refractivity contribution in [3.05, 3.63) is 0 Å². The third-order valence-electron chi connectivity index (χ3n) is 3.09. The first-order valence-corrected chi connectivity index (χ1v) is 6.50. The van der Waals surface area contributed by atoms with Crippen LogP contribution in [0.4, 0.5) is 0 Å². The van der Waals surface area contributed by atoms with Crippen LogP contribution in [0.15, 0.2) is 4.99 Å². The summed E-state index contributed by atoms with van der Waals surface area (Å²) in [7, 11) is 0. The summed E-state index contributed by atoms with van der Waals surface area (Å²) in [6.45, 7) is 9.19. The highest BCUT2D eigenvalue weighted by Gasteiger charge is 2.53. The normalized spacial score (nSPS) is 27.7. The zero-order chi connectivity index (χ0) is 14.0. The van der Waals surface area contributed by atoms with Gasteiger partial charge in [0.05, 0.1) is 18.0 Å². The molecule has 5 heteroatoms. The second-order valence-electron chi connectivity index (χ2n) is 5.43. The van der Waals surface area contributed by atoms with Crippen LogP contribution in [-0.2, 0) is 9.53 Å². The van der Waals surface area contributed by atoms with E-state index in [1.165, 1.54) is 0 Å². The van der Waals surface area contributed by atoms with Gasteiger partial charge in [-0.2, -0.15) is 0 Å². The summed E-state index contributed by atoms with van der Waals surface area (Å²) in [6, 6.07) is -0.536. The van der Waals surface area contributed by atoms with E-state index in [1.54, 1.807) is 27.7 Å². The maximum absolute atomic E-state index is 12.1. The van der Waals surface area contributed by atoms with Gasteiger partial charge in [-0.15, -0.1) is 0 Å². The van der Waals surface area contributed by atoms with Crippen molar-refractivity contribution in [1.82, 2.24) is 5.32 Å². The molecule has 1 rings (SSSR count). The number of aliphatic imine (C=N–C) groups is 1. The summed E-state index contributed by atoms with van der Waals surface area (Å²) in [6.07, 6.45) is 1.70. The molecule has 0 aromatic rings. The molecule has 0 aromatic heterocycles. The number of nitrogens with zero attached hydrogens (tertiary/aromatic N) is 1. The van der Waals surface area contributed by atoms with Crippen LogP contribution in [0.3, 0.4) is 0 Å². The maximum atomic E-state index is 12.1. The first-order valence-electron chi connectivity index (χ1n) is 6.50. The van der Waals surface area contributed by atoms with E-state index in [-0.39, 0.29) is 5.97 Å². The number of carbonyl (C=O) groups excluding carboxylic acids is 1. The highest BCUT2D eigenvalue weighted by Crippen LogP contribution is 2.30. The summed E-state index contributed by atoms with van der Waals surface area (Å²) < 4.78 is 5.09. The van der Waals surface area contributed by atoms with E-state index < -0.39 is 17.2 Å². The van der Waals surface area contributed by atoms with Crippen LogP contribution < -0.4 is 5.32 Å². The van der Waals surface area contributed by atoms with Crippen molar-refractivity contribution in [3.63, 3.8) is 0 Å². The van der Waals surface area contributed by atoms with E-state index in [4.69, 9.17) is 4.74 Å². The molecular formula is C13H24N2O3. The lowest BCUT2D eigenvalue weighted by atomic mass is 9.83. The van der Waals surface area contributed by atoms with Gasteiger partial charge in [0, 0.05) is 6.42 Å². The largest absolute Gasteiger partial charge is 0.464 e. The van der Waals surface area contributed by atoms with Crippen molar-refractivity contribution >= 4 is 11.8 Å². The molecule has 1 aliphatic heterocycles. The molecule has 0 bridgehead atoms. The molecule has 0 spiro atoms. The zero-order valence-electron chi connectivity index (χ0n) is 11.9. The molecule has 1 aliphatic rings. The third-order valence-corrected chi connectivity index (χ3v) is 3.09. The molecule has 2 unspecified atom stereocenters. The Labute approximate surface area is 109 Å². The maximum Gasteiger partial charge on any atom is 0.333 e. The van der Waals surface area contributed by atoms with Crippen LogP contribution in [0.25, 0.3) is 0 Å². The molecule has 104 valence electrons. The van der Waals surface area contributed by atoms with Crippen molar-refractivity contribution in [3.8, 4) is 0 Å². The first-order chi connectivity index (χ1) is 8.25. The second kappa shape index (κ2) is 5.26. The van der Waals surface area contributed by atoms with Crippen molar-refractivity contribution in [1.29, 1.82) is 0 Å². The minimum Gasteiger partial charge on any atom is -0.464 e. The number of rotatable bonds is 5. The lowest BCUT2D eigenvalue weighted by Gasteiger charge is -2.35. The van der Waals surface area contributed by atoms with Crippen LogP contribution >= 0.6 is 0 Å². The molecule has 18 heavy (non-hydrogen) atoms. The molecule has 2 N–H and O–H groups in total. The van der Waals surface area contributed by atoms with E-state index in [0.29, 0.717) is 6.61 Å². The van der Waals surface area contributed by atoms with E-state index >= 15 is 0 Å². The summed E-state index contributed by atoms with van der Waals surface area (Å²) >= 11 is 0. The summed E-state index contributed by atoms with van der Waals surface area (Å²) in [5.74, 6) is 0.396. The molecular weight excluding hydrogens is 232 g/mol. The standard InChI is InChI=1S/C13H24N2O3/c1-6-8-9-14-10(12(3,4)17)13(5,15-9)11(16)18-7-2/h10,17H,6-8H2,1-5H3,(H,14,15). The lowest BCUT2D eigenvalue weighted by Crippen LogP contribution is -2.60. The molecule has 2 atom stereocenters. The van der Waals surface area contributed by atoms with Gasteiger partial charge in [-0.3, -0.25) is 4.99 Å². The molecule has 0 radical (unpaired) electrons. The van der Waals surface area contributed by atoms with E-state index in [0.717, 1.165) is 18.7 Å². The Morgan fingerprint density at radius 1 is 1.56 bits per heavy atom. The highest BCUT2D eigenvalue weighted by atomic mass is 16.5.